The molecule has 1 unspecified atom stereocenters. The molecule has 0 aliphatic heterocycles. The van der Waals surface area contributed by atoms with Crippen molar-refractivity contribution in [1.29, 1.82) is 0 Å². The second-order valence-corrected chi connectivity index (χ2v) is 13.8. The Labute approximate surface area is 259 Å². The molecular formula is C41H37NS. The van der Waals surface area contributed by atoms with Crippen LogP contribution in [0.2, 0.25) is 0 Å². The van der Waals surface area contributed by atoms with E-state index in [1.165, 1.54) is 67.1 Å². The highest BCUT2D eigenvalue weighted by Crippen LogP contribution is 2.48. The van der Waals surface area contributed by atoms with Gasteiger partial charge in [-0.3, -0.25) is 4.98 Å². The SMILES string of the molecule is CC(C)c1ccc(Sc2c(/C=C/C3Cc4c(ccc5c4CCC=C5)-c4ccccc43)c(C3CC3)nc3ccccc23)cc1. The molecule has 3 aliphatic rings. The average molecular weight is 576 g/mol. The molecule has 1 fully saturated rings. The van der Waals surface area contributed by atoms with Crippen molar-refractivity contribution in [2.45, 2.75) is 73.5 Å². The van der Waals surface area contributed by atoms with Gasteiger partial charge in [0.2, 0.25) is 0 Å². The van der Waals surface area contributed by atoms with Crippen LogP contribution in [0, 0.1) is 0 Å². The van der Waals surface area contributed by atoms with Gasteiger partial charge in [0.1, 0.15) is 0 Å². The van der Waals surface area contributed by atoms with Crippen LogP contribution in [0.1, 0.15) is 89.9 Å². The monoisotopic (exact) mass is 575 g/mol. The van der Waals surface area contributed by atoms with Crippen molar-refractivity contribution in [3.63, 3.8) is 0 Å². The number of rotatable bonds is 6. The molecule has 0 amide bonds. The van der Waals surface area contributed by atoms with Crippen molar-refractivity contribution in [2.24, 2.45) is 0 Å². The lowest BCUT2D eigenvalue weighted by molar-refractivity contribution is 0.805. The van der Waals surface area contributed by atoms with Crippen LogP contribution >= 0.6 is 11.8 Å². The zero-order valence-corrected chi connectivity index (χ0v) is 25.8. The number of para-hydroxylation sites is 1. The fourth-order valence-corrected chi connectivity index (χ4v) is 8.13. The van der Waals surface area contributed by atoms with Crippen LogP contribution in [0.3, 0.4) is 0 Å². The Morgan fingerprint density at radius 3 is 2.49 bits per heavy atom. The Kier molecular flexibility index (Phi) is 6.83. The number of benzene rings is 4. The van der Waals surface area contributed by atoms with E-state index in [0.29, 0.717) is 17.8 Å². The Bertz CT molecular complexity index is 1910. The molecule has 8 rings (SSSR count). The van der Waals surface area contributed by atoms with Crippen LogP contribution in [0.15, 0.2) is 107 Å². The van der Waals surface area contributed by atoms with Gasteiger partial charge in [0.15, 0.2) is 0 Å². The normalized spacial score (nSPS) is 17.3. The zero-order chi connectivity index (χ0) is 28.9. The van der Waals surface area contributed by atoms with Gasteiger partial charge in [0, 0.05) is 32.6 Å². The third-order valence-corrected chi connectivity index (χ3v) is 10.7. The molecule has 43 heavy (non-hydrogen) atoms. The summed E-state index contributed by atoms with van der Waals surface area (Å²) in [6.45, 7) is 4.52. The van der Waals surface area contributed by atoms with Crippen LogP contribution in [0.4, 0.5) is 0 Å². The van der Waals surface area contributed by atoms with Crippen LogP contribution in [0.5, 0.6) is 0 Å². The maximum atomic E-state index is 5.31. The Morgan fingerprint density at radius 2 is 1.65 bits per heavy atom. The third kappa shape index (κ3) is 4.96. The number of aromatic nitrogens is 1. The molecule has 0 radical (unpaired) electrons. The van der Waals surface area contributed by atoms with E-state index < -0.39 is 0 Å². The van der Waals surface area contributed by atoms with E-state index in [2.05, 4.69) is 123 Å². The van der Waals surface area contributed by atoms with Gasteiger partial charge in [0.25, 0.3) is 0 Å². The lowest BCUT2D eigenvalue weighted by Crippen LogP contribution is -2.13. The molecule has 0 spiro atoms. The summed E-state index contributed by atoms with van der Waals surface area (Å²) in [5.41, 5.74) is 13.9. The Hall–Kier alpha value is -3.88. The second kappa shape index (κ2) is 11.0. The van der Waals surface area contributed by atoms with Gasteiger partial charge in [-0.25, -0.2) is 0 Å². The summed E-state index contributed by atoms with van der Waals surface area (Å²) < 4.78 is 0. The Balaban J connectivity index is 1.25. The predicted octanol–water partition coefficient (Wildman–Crippen LogP) is 11.4. The molecule has 1 aromatic heterocycles. The van der Waals surface area contributed by atoms with E-state index in [9.17, 15) is 0 Å². The van der Waals surface area contributed by atoms with E-state index in [4.69, 9.17) is 4.98 Å². The molecule has 0 saturated heterocycles. The standard InChI is InChI=1S/C41H37NS/c1-26(2)27-17-21-31(22-18-27)43-41-36-13-7-8-14-39(36)42-40(29-15-16-29)37(41)24-20-30-25-38-32-10-4-3-9-28(32)19-23-35(38)34-12-6-5-11-33(30)34/h3,5-9,11-14,17-24,26,29-30H,4,10,15-16,25H2,1-2H3/b24-20+. The molecule has 1 heterocycles. The van der Waals surface area contributed by atoms with Gasteiger partial charge in [0.05, 0.1) is 11.2 Å². The molecule has 0 N–H and O–H groups in total. The molecule has 5 aromatic rings. The van der Waals surface area contributed by atoms with Crippen LogP contribution in [0.25, 0.3) is 34.2 Å². The van der Waals surface area contributed by atoms with Crippen LogP contribution in [-0.4, -0.2) is 4.98 Å². The molecule has 1 nitrogen and oxygen atoms in total. The highest BCUT2D eigenvalue weighted by Gasteiger charge is 2.30. The molecular weight excluding hydrogens is 539 g/mol. The highest BCUT2D eigenvalue weighted by atomic mass is 32.2. The van der Waals surface area contributed by atoms with Crippen molar-refractivity contribution in [1.82, 2.24) is 4.98 Å². The van der Waals surface area contributed by atoms with E-state index in [1.807, 2.05) is 11.8 Å². The van der Waals surface area contributed by atoms with Crippen molar-refractivity contribution < 1.29 is 0 Å². The minimum atomic E-state index is 0.336. The smallest absolute Gasteiger partial charge is 0.0717 e. The summed E-state index contributed by atoms with van der Waals surface area (Å²) in [5, 5.41) is 1.25. The number of pyridine rings is 1. The van der Waals surface area contributed by atoms with Gasteiger partial charge < -0.3 is 0 Å². The minimum absolute atomic E-state index is 0.336. The number of nitrogens with zero attached hydrogens (tertiary/aromatic N) is 1. The average Bonchev–Trinajstić information content (AvgIpc) is 3.90. The first-order valence-corrected chi connectivity index (χ1v) is 16.7. The lowest BCUT2D eigenvalue weighted by Gasteiger charge is -2.29. The molecule has 2 heteroatoms. The third-order valence-electron chi connectivity index (χ3n) is 9.54. The van der Waals surface area contributed by atoms with Crippen molar-refractivity contribution >= 4 is 34.8 Å². The van der Waals surface area contributed by atoms with Crippen LogP contribution < -0.4 is 0 Å². The first kappa shape index (κ1) is 26.7. The summed E-state index contributed by atoms with van der Waals surface area (Å²) in [7, 11) is 0. The first-order valence-electron chi connectivity index (χ1n) is 15.9. The van der Waals surface area contributed by atoms with Gasteiger partial charge in [-0.15, -0.1) is 0 Å². The maximum Gasteiger partial charge on any atom is 0.0717 e. The van der Waals surface area contributed by atoms with Crippen molar-refractivity contribution in [3.8, 4) is 11.1 Å². The quantitative estimate of drug-likeness (QED) is 0.200. The van der Waals surface area contributed by atoms with Gasteiger partial charge in [-0.1, -0.05) is 117 Å². The van der Waals surface area contributed by atoms with Gasteiger partial charge >= 0.3 is 0 Å². The number of allylic oxidation sites excluding steroid dienone is 2. The molecule has 1 atom stereocenters. The molecule has 3 aliphatic carbocycles. The zero-order valence-electron chi connectivity index (χ0n) is 25.0. The van der Waals surface area contributed by atoms with Crippen molar-refractivity contribution in [3.05, 3.63) is 136 Å². The summed E-state index contributed by atoms with van der Waals surface area (Å²) in [6.07, 6.45) is 15.4. The molecule has 212 valence electrons. The maximum absolute atomic E-state index is 5.31. The van der Waals surface area contributed by atoms with E-state index >= 15 is 0 Å². The molecule has 4 aromatic carbocycles. The van der Waals surface area contributed by atoms with Crippen molar-refractivity contribution in [2.75, 3.05) is 0 Å². The fourth-order valence-electron chi connectivity index (χ4n) is 7.06. The minimum Gasteiger partial charge on any atom is -0.252 e. The second-order valence-electron chi connectivity index (χ2n) is 12.7. The van der Waals surface area contributed by atoms with Gasteiger partial charge in [-0.05, 0) is 95.2 Å². The summed E-state index contributed by atoms with van der Waals surface area (Å²) in [6, 6.07) is 31.7. The van der Waals surface area contributed by atoms with E-state index in [0.717, 1.165) is 24.8 Å². The fraction of sp³-hybridized carbons (Fsp3) is 0.244. The number of hydrogen-bond acceptors (Lipinski definition) is 2. The summed E-state index contributed by atoms with van der Waals surface area (Å²) in [4.78, 5) is 7.93. The highest BCUT2D eigenvalue weighted by molar-refractivity contribution is 7.99. The Morgan fingerprint density at radius 1 is 0.837 bits per heavy atom. The molecule has 1 saturated carbocycles. The topological polar surface area (TPSA) is 12.9 Å². The number of hydrogen-bond donors (Lipinski definition) is 0. The lowest BCUT2D eigenvalue weighted by atomic mass is 9.74. The predicted molar refractivity (Wildman–Crippen MR) is 183 cm³/mol. The van der Waals surface area contributed by atoms with E-state index in [1.54, 1.807) is 11.1 Å². The molecule has 0 bridgehead atoms. The summed E-state index contributed by atoms with van der Waals surface area (Å²) >= 11 is 1.90. The largest absolute Gasteiger partial charge is 0.252 e. The number of fused-ring (bicyclic) bond motifs is 6. The summed E-state index contributed by atoms with van der Waals surface area (Å²) in [5.74, 6) is 1.43. The van der Waals surface area contributed by atoms with Crippen LogP contribution in [-0.2, 0) is 12.8 Å². The van der Waals surface area contributed by atoms with E-state index in [-0.39, 0.29) is 0 Å². The first-order chi connectivity index (χ1) is 21.1. The van der Waals surface area contributed by atoms with Gasteiger partial charge in [-0.2, -0.15) is 0 Å².